The van der Waals surface area contributed by atoms with Gasteiger partial charge in [-0.25, -0.2) is 0 Å². The first-order valence-electron chi connectivity index (χ1n) is 9.51. The maximum atomic E-state index is 10.6. The average molecular weight is 369 g/mol. The Balaban J connectivity index is 0.000000265. The van der Waals surface area contributed by atoms with Crippen molar-refractivity contribution in [3.05, 3.63) is 83.3 Å². The summed E-state index contributed by atoms with van der Waals surface area (Å²) >= 11 is 0. The van der Waals surface area contributed by atoms with Gasteiger partial charge < -0.3 is 9.52 Å². The number of hydrogen-bond acceptors (Lipinski definition) is 3. The highest BCUT2D eigenvalue weighted by Gasteiger charge is 2.10. The maximum absolute atomic E-state index is 10.6. The third-order valence-electron chi connectivity index (χ3n) is 4.32. The number of carbonyl (C=O) groups is 1. The van der Waals surface area contributed by atoms with Gasteiger partial charge in [0.1, 0.15) is 17.3 Å². The number of hydrogen-bond donors (Lipinski definition) is 1. The first-order chi connectivity index (χ1) is 13.1. The maximum Gasteiger partial charge on any atom is 0.134 e. The molecule has 1 aromatic heterocycles. The van der Waals surface area contributed by atoms with Gasteiger partial charge in [-0.3, -0.25) is 4.79 Å². The minimum absolute atomic E-state index is 0.214. The summed E-state index contributed by atoms with van der Waals surface area (Å²) < 4.78 is 5.68. The van der Waals surface area contributed by atoms with Gasteiger partial charge in [-0.05, 0) is 37.0 Å². The molecule has 1 aliphatic carbocycles. The second-order valence-corrected chi connectivity index (χ2v) is 6.50. The molecule has 146 valence electrons. The molecule has 3 rings (SSSR count). The predicted octanol–water partition coefficient (Wildman–Crippen LogP) is 5.33. The van der Waals surface area contributed by atoms with Crippen LogP contribution < -0.4 is 0 Å². The van der Waals surface area contributed by atoms with Gasteiger partial charge in [0.25, 0.3) is 0 Å². The zero-order valence-electron chi connectivity index (χ0n) is 16.9. The number of furan rings is 1. The topological polar surface area (TPSA) is 50.4 Å². The number of carbonyl (C=O) groups excluding carboxylic acids is 1. The van der Waals surface area contributed by atoms with Crippen molar-refractivity contribution in [1.29, 1.82) is 0 Å². The Morgan fingerprint density at radius 1 is 1.04 bits per heavy atom. The normalized spacial score (nSPS) is 14.6. The van der Waals surface area contributed by atoms with Crippen LogP contribution in [-0.2, 0) is 24.1 Å². The van der Waals surface area contributed by atoms with Crippen molar-refractivity contribution in [3.63, 3.8) is 0 Å². The van der Waals surface area contributed by atoms with Crippen LogP contribution in [0.4, 0.5) is 0 Å². The van der Waals surface area contributed by atoms with Gasteiger partial charge in [-0.15, -0.1) is 0 Å². The molecule has 1 atom stereocenters. The summed E-state index contributed by atoms with van der Waals surface area (Å²) in [6, 6.07) is 13.9. The molecular formula is C24H32O3. The molecule has 0 saturated heterocycles. The zero-order valence-corrected chi connectivity index (χ0v) is 16.9. The summed E-state index contributed by atoms with van der Waals surface area (Å²) in [5.74, 6) is 3.04. The fourth-order valence-corrected chi connectivity index (χ4v) is 2.83. The van der Waals surface area contributed by atoms with Gasteiger partial charge in [0, 0.05) is 26.4 Å². The van der Waals surface area contributed by atoms with E-state index in [-0.39, 0.29) is 5.78 Å². The van der Waals surface area contributed by atoms with Crippen LogP contribution >= 0.6 is 0 Å². The lowest BCUT2D eigenvalue weighted by Gasteiger charge is -2.06. The van der Waals surface area contributed by atoms with Crippen LogP contribution in [-0.4, -0.2) is 18.0 Å². The van der Waals surface area contributed by atoms with E-state index < -0.39 is 0 Å². The van der Waals surface area contributed by atoms with E-state index in [0.717, 1.165) is 43.5 Å². The number of rotatable bonds is 6. The molecule has 0 spiro atoms. The Bertz CT molecular complexity index is 723. The van der Waals surface area contributed by atoms with Crippen LogP contribution in [0.25, 0.3) is 0 Å². The molecule has 0 amide bonds. The molecule has 3 nitrogen and oxygen atoms in total. The third kappa shape index (κ3) is 8.69. The van der Waals surface area contributed by atoms with E-state index in [9.17, 15) is 4.79 Å². The number of aryl methyl sites for hydroxylation is 2. The molecule has 3 heteroatoms. The van der Waals surface area contributed by atoms with Crippen LogP contribution in [0.3, 0.4) is 0 Å². The predicted molar refractivity (Wildman–Crippen MR) is 112 cm³/mol. The van der Waals surface area contributed by atoms with E-state index in [1.54, 1.807) is 6.92 Å². The minimum Gasteiger partial charge on any atom is -0.466 e. The average Bonchev–Trinajstić information content (AvgIpc) is 3.31. The van der Waals surface area contributed by atoms with Crippen molar-refractivity contribution in [2.24, 2.45) is 5.92 Å². The number of Topliss-reactive ketones (excluding diaryl/α,β-unsaturated/α-hetero) is 1. The van der Waals surface area contributed by atoms with Crippen LogP contribution in [0.1, 0.15) is 44.3 Å². The first kappa shape index (κ1) is 22.7. The van der Waals surface area contributed by atoms with Crippen molar-refractivity contribution in [3.8, 4) is 0 Å². The van der Waals surface area contributed by atoms with Crippen LogP contribution in [0.2, 0.25) is 0 Å². The summed E-state index contributed by atoms with van der Waals surface area (Å²) in [4.78, 5) is 10.6. The van der Waals surface area contributed by atoms with E-state index in [2.05, 4.69) is 44.2 Å². The quantitative estimate of drug-likeness (QED) is 0.749. The number of allylic oxidation sites excluding steroid dienone is 4. The standard InChI is InChI=1S/C14H18O.C9H10O.CH4O/c1-3-13-9-10-14(15-13)8-7-12-6-4-5-11(12)2;1-8(10)7-9-5-3-2-4-6-9;1-2/h4-6,9-11H,3,7-8H2,1-2H3;2-6H,7H2,1H3;2H,1H3. The van der Waals surface area contributed by atoms with Crippen LogP contribution in [0.15, 0.2) is 70.7 Å². The lowest BCUT2D eigenvalue weighted by molar-refractivity contribution is -0.116. The van der Waals surface area contributed by atoms with Gasteiger partial charge in [0.05, 0.1) is 0 Å². The lowest BCUT2D eigenvalue weighted by Crippen LogP contribution is -1.94. The van der Waals surface area contributed by atoms with Crippen molar-refractivity contribution in [2.75, 3.05) is 7.11 Å². The van der Waals surface area contributed by atoms with Crippen molar-refractivity contribution >= 4 is 5.78 Å². The molecule has 1 heterocycles. The summed E-state index contributed by atoms with van der Waals surface area (Å²) in [6.45, 7) is 5.97. The molecule has 0 radical (unpaired) electrons. The van der Waals surface area contributed by atoms with Crippen LogP contribution in [0.5, 0.6) is 0 Å². The van der Waals surface area contributed by atoms with Crippen molar-refractivity contribution in [1.82, 2.24) is 0 Å². The SMILES string of the molecule is CC(=O)Cc1ccccc1.CCc1ccc(CCC2=CC=CC2C)o1.CO. The van der Waals surface area contributed by atoms with E-state index in [0.29, 0.717) is 12.3 Å². The molecule has 1 aliphatic rings. The Morgan fingerprint density at radius 3 is 2.22 bits per heavy atom. The largest absolute Gasteiger partial charge is 0.466 e. The second-order valence-electron chi connectivity index (χ2n) is 6.50. The summed E-state index contributed by atoms with van der Waals surface area (Å²) in [5.41, 5.74) is 2.61. The highest BCUT2D eigenvalue weighted by molar-refractivity contribution is 5.78. The van der Waals surface area contributed by atoms with Gasteiger partial charge >= 0.3 is 0 Å². The monoisotopic (exact) mass is 368 g/mol. The Kier molecular flexibility index (Phi) is 10.8. The number of ketones is 1. The van der Waals surface area contributed by atoms with Crippen molar-refractivity contribution < 1.29 is 14.3 Å². The fraction of sp³-hybridized carbons (Fsp3) is 0.375. The Morgan fingerprint density at radius 2 is 1.70 bits per heavy atom. The second kappa shape index (κ2) is 12.9. The third-order valence-corrected chi connectivity index (χ3v) is 4.32. The summed E-state index contributed by atoms with van der Waals surface area (Å²) in [5, 5.41) is 7.00. The number of benzene rings is 1. The molecular weight excluding hydrogens is 336 g/mol. The molecule has 1 aromatic carbocycles. The molecule has 1 N–H and O–H groups in total. The van der Waals surface area contributed by atoms with Crippen LogP contribution in [0, 0.1) is 5.92 Å². The van der Waals surface area contributed by atoms with E-state index in [1.807, 2.05) is 30.3 Å². The smallest absolute Gasteiger partial charge is 0.134 e. The van der Waals surface area contributed by atoms with Gasteiger partial charge in [0.2, 0.25) is 0 Å². The molecule has 2 aromatic rings. The molecule has 0 saturated carbocycles. The van der Waals surface area contributed by atoms with Gasteiger partial charge in [-0.2, -0.15) is 0 Å². The lowest BCUT2D eigenvalue weighted by atomic mass is 10.00. The molecule has 27 heavy (non-hydrogen) atoms. The Labute approximate surface area is 163 Å². The minimum atomic E-state index is 0.214. The summed E-state index contributed by atoms with van der Waals surface area (Å²) in [6.07, 6.45) is 10.3. The molecule has 0 bridgehead atoms. The number of aliphatic hydroxyl groups is 1. The zero-order chi connectivity index (χ0) is 20.1. The summed E-state index contributed by atoms with van der Waals surface area (Å²) in [7, 11) is 1.00. The van der Waals surface area contributed by atoms with Crippen molar-refractivity contribution in [2.45, 2.75) is 46.5 Å². The van der Waals surface area contributed by atoms with Gasteiger partial charge in [-0.1, -0.05) is 68.0 Å². The van der Waals surface area contributed by atoms with E-state index >= 15 is 0 Å². The number of aliphatic hydroxyl groups excluding tert-OH is 1. The van der Waals surface area contributed by atoms with Gasteiger partial charge in [0.15, 0.2) is 0 Å². The molecule has 1 unspecified atom stereocenters. The molecule has 0 aliphatic heterocycles. The molecule has 0 fully saturated rings. The highest BCUT2D eigenvalue weighted by Crippen LogP contribution is 2.23. The Hall–Kier alpha value is -2.39. The first-order valence-corrected chi connectivity index (χ1v) is 9.51. The highest BCUT2D eigenvalue weighted by atomic mass is 16.3. The fourth-order valence-electron chi connectivity index (χ4n) is 2.83. The van der Waals surface area contributed by atoms with E-state index in [1.165, 1.54) is 5.57 Å². The van der Waals surface area contributed by atoms with E-state index in [4.69, 9.17) is 9.52 Å².